The topological polar surface area (TPSA) is 55.0 Å². The molecule has 110 valence electrons. The zero-order valence-electron chi connectivity index (χ0n) is 11.9. The highest BCUT2D eigenvalue weighted by Crippen LogP contribution is 2.28. The van der Waals surface area contributed by atoms with Crippen molar-refractivity contribution in [2.75, 3.05) is 7.11 Å². The van der Waals surface area contributed by atoms with E-state index in [1.54, 1.807) is 12.1 Å². The number of nitrogens with zero attached hydrogens (tertiary/aromatic N) is 1. The summed E-state index contributed by atoms with van der Waals surface area (Å²) in [6.45, 7) is 3.86. The summed E-state index contributed by atoms with van der Waals surface area (Å²) in [5, 5.41) is 0. The van der Waals surface area contributed by atoms with E-state index in [0.29, 0.717) is 22.5 Å². The number of benzene rings is 1. The van der Waals surface area contributed by atoms with Gasteiger partial charge in [-0.25, -0.2) is 14.2 Å². The van der Waals surface area contributed by atoms with Crippen molar-refractivity contribution in [3.05, 3.63) is 46.1 Å². The van der Waals surface area contributed by atoms with Gasteiger partial charge in [0.25, 0.3) is 0 Å². The fourth-order valence-corrected chi connectivity index (χ4v) is 2.25. The number of carbonyl (C=O) groups excluding carboxylic acids is 1. The number of hydrogen-bond acceptors (Lipinski definition) is 4. The number of nitrogens with one attached hydrogen (secondary N) is 1. The third-order valence-corrected chi connectivity index (χ3v) is 3.24. The number of aromatic nitrogens is 2. The van der Waals surface area contributed by atoms with Crippen LogP contribution in [0.25, 0.3) is 11.3 Å². The van der Waals surface area contributed by atoms with Crippen molar-refractivity contribution in [3.8, 4) is 11.3 Å². The Bertz CT molecular complexity index is 723. The van der Waals surface area contributed by atoms with Gasteiger partial charge in [-0.2, -0.15) is 0 Å². The van der Waals surface area contributed by atoms with Gasteiger partial charge in [-0.1, -0.05) is 13.8 Å². The Morgan fingerprint density at radius 3 is 2.48 bits per heavy atom. The molecule has 1 aromatic carbocycles. The van der Waals surface area contributed by atoms with E-state index in [-0.39, 0.29) is 16.5 Å². The minimum Gasteiger partial charge on any atom is -0.465 e. The lowest BCUT2D eigenvalue weighted by Crippen LogP contribution is -2.13. The summed E-state index contributed by atoms with van der Waals surface area (Å²) < 4.78 is 18.2. The molecule has 0 amide bonds. The molecule has 0 bridgehead atoms. The van der Waals surface area contributed by atoms with Gasteiger partial charge < -0.3 is 9.72 Å². The number of hydrogen-bond donors (Lipinski definition) is 1. The van der Waals surface area contributed by atoms with E-state index in [4.69, 9.17) is 17.0 Å². The second-order valence-electron chi connectivity index (χ2n) is 4.83. The summed E-state index contributed by atoms with van der Waals surface area (Å²) in [4.78, 5) is 19.3. The van der Waals surface area contributed by atoms with Gasteiger partial charge in [-0.05, 0) is 42.4 Å². The maximum atomic E-state index is 13.1. The van der Waals surface area contributed by atoms with Crippen LogP contribution in [-0.2, 0) is 4.74 Å². The van der Waals surface area contributed by atoms with Crippen LogP contribution in [-0.4, -0.2) is 23.0 Å². The molecule has 4 nitrogen and oxygen atoms in total. The Kier molecular flexibility index (Phi) is 4.47. The number of halogens is 1. The van der Waals surface area contributed by atoms with Crippen molar-refractivity contribution in [1.29, 1.82) is 0 Å². The molecular weight excluding hydrogens is 291 g/mol. The lowest BCUT2D eigenvalue weighted by atomic mass is 9.98. The molecule has 0 aliphatic rings. The van der Waals surface area contributed by atoms with Gasteiger partial charge in [-0.3, -0.25) is 0 Å². The number of H-pyrrole nitrogens is 1. The van der Waals surface area contributed by atoms with Crippen LogP contribution in [0.5, 0.6) is 0 Å². The molecule has 0 fully saturated rings. The molecule has 6 heteroatoms. The fourth-order valence-electron chi connectivity index (χ4n) is 2.05. The molecule has 0 atom stereocenters. The molecule has 21 heavy (non-hydrogen) atoms. The fraction of sp³-hybridized carbons (Fsp3) is 0.267. The third kappa shape index (κ3) is 3.16. The zero-order valence-corrected chi connectivity index (χ0v) is 12.8. The van der Waals surface area contributed by atoms with Gasteiger partial charge >= 0.3 is 5.97 Å². The normalized spacial score (nSPS) is 10.7. The molecule has 0 saturated heterocycles. The van der Waals surface area contributed by atoms with Crippen LogP contribution >= 0.6 is 12.2 Å². The summed E-state index contributed by atoms with van der Waals surface area (Å²) in [7, 11) is 1.31. The molecule has 0 unspecified atom stereocenters. The summed E-state index contributed by atoms with van der Waals surface area (Å²) >= 11 is 5.12. The molecule has 1 aromatic heterocycles. The van der Waals surface area contributed by atoms with Crippen molar-refractivity contribution in [2.45, 2.75) is 19.8 Å². The second kappa shape index (κ2) is 6.13. The number of methoxy groups -OCH3 is 1. The molecule has 1 N–H and O–H groups in total. The standard InChI is InChI=1S/C15H15FN2O2S/c1-8(2)12-11(14(19)20-3)13(18-15(21)17-12)9-4-6-10(16)7-5-9/h4-8H,1-3H3,(H,17,18,21). The van der Waals surface area contributed by atoms with Gasteiger partial charge in [0.1, 0.15) is 11.4 Å². The number of aromatic amines is 1. The van der Waals surface area contributed by atoms with Crippen LogP contribution in [0.3, 0.4) is 0 Å². The number of esters is 1. The quantitative estimate of drug-likeness (QED) is 0.691. The van der Waals surface area contributed by atoms with E-state index in [9.17, 15) is 9.18 Å². The lowest BCUT2D eigenvalue weighted by Gasteiger charge is -2.15. The zero-order chi connectivity index (χ0) is 15.6. The number of ether oxygens (including phenoxy) is 1. The van der Waals surface area contributed by atoms with E-state index in [0.717, 1.165) is 0 Å². The minimum atomic E-state index is -0.503. The van der Waals surface area contributed by atoms with Crippen LogP contribution in [0.15, 0.2) is 24.3 Å². The Morgan fingerprint density at radius 2 is 1.95 bits per heavy atom. The van der Waals surface area contributed by atoms with Crippen LogP contribution in [0.4, 0.5) is 4.39 Å². The predicted molar refractivity (Wildman–Crippen MR) is 80.2 cm³/mol. The second-order valence-corrected chi connectivity index (χ2v) is 5.22. The molecular formula is C15H15FN2O2S. The Labute approximate surface area is 127 Å². The Balaban J connectivity index is 2.77. The van der Waals surface area contributed by atoms with Crippen molar-refractivity contribution in [3.63, 3.8) is 0 Å². The van der Waals surface area contributed by atoms with Gasteiger partial charge in [0.05, 0.1) is 12.8 Å². The van der Waals surface area contributed by atoms with Crippen molar-refractivity contribution in [1.82, 2.24) is 9.97 Å². The summed E-state index contributed by atoms with van der Waals surface area (Å²) in [5.41, 5.74) is 1.99. The minimum absolute atomic E-state index is 0.0306. The molecule has 2 rings (SSSR count). The van der Waals surface area contributed by atoms with Gasteiger partial charge in [0, 0.05) is 11.3 Å². The van der Waals surface area contributed by atoms with E-state index in [1.807, 2.05) is 13.8 Å². The lowest BCUT2D eigenvalue weighted by molar-refractivity contribution is 0.0599. The molecule has 2 aromatic rings. The van der Waals surface area contributed by atoms with E-state index in [2.05, 4.69) is 9.97 Å². The summed E-state index contributed by atoms with van der Waals surface area (Å²) in [6.07, 6.45) is 0. The average molecular weight is 306 g/mol. The first-order valence-corrected chi connectivity index (χ1v) is 6.83. The van der Waals surface area contributed by atoms with E-state index < -0.39 is 5.97 Å². The Morgan fingerprint density at radius 1 is 1.33 bits per heavy atom. The highest BCUT2D eigenvalue weighted by molar-refractivity contribution is 7.71. The van der Waals surface area contributed by atoms with Crippen LogP contribution in [0.1, 0.15) is 35.8 Å². The SMILES string of the molecule is COC(=O)c1c(-c2ccc(F)cc2)nc(=S)[nH]c1C(C)C. The van der Waals surface area contributed by atoms with Gasteiger partial charge in [0.2, 0.25) is 0 Å². The first-order chi connectivity index (χ1) is 9.93. The molecule has 1 heterocycles. The largest absolute Gasteiger partial charge is 0.465 e. The number of rotatable bonds is 3. The third-order valence-electron chi connectivity index (χ3n) is 3.05. The van der Waals surface area contributed by atoms with Crippen LogP contribution < -0.4 is 0 Å². The molecule has 0 aliphatic heterocycles. The monoisotopic (exact) mass is 306 g/mol. The van der Waals surface area contributed by atoms with E-state index in [1.165, 1.54) is 19.2 Å². The predicted octanol–water partition coefficient (Wildman–Crippen LogP) is 3.86. The van der Waals surface area contributed by atoms with Gasteiger partial charge in [-0.15, -0.1) is 0 Å². The van der Waals surface area contributed by atoms with Crippen molar-refractivity contribution >= 4 is 18.2 Å². The van der Waals surface area contributed by atoms with Crippen molar-refractivity contribution in [2.24, 2.45) is 0 Å². The van der Waals surface area contributed by atoms with Crippen LogP contribution in [0.2, 0.25) is 0 Å². The van der Waals surface area contributed by atoms with Crippen molar-refractivity contribution < 1.29 is 13.9 Å². The van der Waals surface area contributed by atoms with E-state index >= 15 is 0 Å². The highest BCUT2D eigenvalue weighted by atomic mass is 32.1. The molecule has 0 aliphatic carbocycles. The first-order valence-electron chi connectivity index (χ1n) is 6.42. The molecule has 0 spiro atoms. The summed E-state index contributed by atoms with van der Waals surface area (Å²) in [5.74, 6) is -0.830. The maximum absolute atomic E-state index is 13.1. The molecule has 0 saturated carbocycles. The number of carbonyl (C=O) groups is 1. The average Bonchev–Trinajstić information content (AvgIpc) is 2.46. The van der Waals surface area contributed by atoms with Gasteiger partial charge in [0.15, 0.2) is 4.77 Å². The summed E-state index contributed by atoms with van der Waals surface area (Å²) in [6, 6.07) is 5.74. The first kappa shape index (κ1) is 15.3. The molecule has 0 radical (unpaired) electrons. The maximum Gasteiger partial charge on any atom is 0.341 e. The Hall–Kier alpha value is -2.08. The smallest absolute Gasteiger partial charge is 0.341 e. The highest BCUT2D eigenvalue weighted by Gasteiger charge is 2.22. The van der Waals surface area contributed by atoms with Crippen LogP contribution in [0, 0.1) is 10.6 Å².